The minimum atomic E-state index is -0.481. The van der Waals surface area contributed by atoms with Gasteiger partial charge in [-0.2, -0.15) is 5.26 Å². The summed E-state index contributed by atoms with van der Waals surface area (Å²) < 4.78 is 0.856. The van der Waals surface area contributed by atoms with Crippen LogP contribution < -0.4 is 0 Å². The van der Waals surface area contributed by atoms with E-state index in [1.54, 1.807) is 17.2 Å². The van der Waals surface area contributed by atoms with Crippen molar-refractivity contribution in [3.63, 3.8) is 0 Å². The molecule has 106 valence electrons. The molecule has 2 rings (SSSR count). The molecule has 1 aliphatic rings. The Bertz CT molecular complexity index is 527. The molecule has 1 amide bonds. The minimum Gasteiger partial charge on any atom is -0.335 e. The smallest absolute Gasteiger partial charge is 0.272 e. The second-order valence-corrected chi connectivity index (χ2v) is 6.23. The third kappa shape index (κ3) is 3.17. The zero-order chi connectivity index (χ0) is 14.8. The number of halogens is 1. The highest BCUT2D eigenvalue weighted by Crippen LogP contribution is 2.17. The molecule has 1 aliphatic heterocycles. The Morgan fingerprint density at radius 3 is 2.50 bits per heavy atom. The number of amides is 1. The van der Waals surface area contributed by atoms with E-state index in [9.17, 15) is 4.79 Å². The Hall–Kier alpha value is -1.45. The van der Waals surface area contributed by atoms with Crippen LogP contribution in [-0.2, 0) is 0 Å². The number of aromatic nitrogens is 1. The number of pyridine rings is 1. The highest BCUT2D eigenvalue weighted by Gasteiger charge is 2.31. The molecule has 20 heavy (non-hydrogen) atoms. The van der Waals surface area contributed by atoms with E-state index in [1.165, 1.54) is 0 Å². The molecule has 0 bridgehead atoms. The van der Waals surface area contributed by atoms with E-state index in [2.05, 4.69) is 31.9 Å². The Labute approximate surface area is 127 Å². The molecule has 1 saturated heterocycles. The number of piperazine rings is 1. The van der Waals surface area contributed by atoms with Crippen molar-refractivity contribution in [1.82, 2.24) is 14.8 Å². The van der Waals surface area contributed by atoms with Gasteiger partial charge in [0, 0.05) is 36.8 Å². The molecule has 1 aromatic rings. The van der Waals surface area contributed by atoms with Crippen molar-refractivity contribution in [2.45, 2.75) is 19.4 Å². The molecule has 6 heteroatoms. The lowest BCUT2D eigenvalue weighted by atomic mass is 10.0. The van der Waals surface area contributed by atoms with Gasteiger partial charge in [0.1, 0.15) is 11.2 Å². The van der Waals surface area contributed by atoms with E-state index in [0.29, 0.717) is 31.9 Å². The molecule has 0 spiro atoms. The van der Waals surface area contributed by atoms with E-state index in [-0.39, 0.29) is 5.91 Å². The van der Waals surface area contributed by atoms with Gasteiger partial charge in [0.15, 0.2) is 0 Å². The first-order valence-electron chi connectivity index (χ1n) is 6.51. The normalized spacial score (nSPS) is 16.8. The van der Waals surface area contributed by atoms with E-state index in [1.807, 2.05) is 19.9 Å². The maximum absolute atomic E-state index is 12.3. The summed E-state index contributed by atoms with van der Waals surface area (Å²) in [5.41, 5.74) is -0.0217. The van der Waals surface area contributed by atoms with Crippen LogP contribution in [0.4, 0.5) is 0 Å². The topological polar surface area (TPSA) is 60.2 Å². The Morgan fingerprint density at radius 2 is 2.00 bits per heavy atom. The molecule has 0 radical (unpaired) electrons. The first-order chi connectivity index (χ1) is 9.44. The highest BCUT2D eigenvalue weighted by molar-refractivity contribution is 9.10. The van der Waals surface area contributed by atoms with Gasteiger partial charge in [0.25, 0.3) is 5.91 Å². The van der Waals surface area contributed by atoms with Crippen LogP contribution in [0.2, 0.25) is 0 Å². The molecule has 1 fully saturated rings. The van der Waals surface area contributed by atoms with Crippen LogP contribution in [0.15, 0.2) is 22.8 Å². The lowest BCUT2D eigenvalue weighted by molar-refractivity contribution is 0.0516. The average molecular weight is 337 g/mol. The van der Waals surface area contributed by atoms with Crippen LogP contribution in [-0.4, -0.2) is 52.4 Å². The largest absolute Gasteiger partial charge is 0.335 e. The number of hydrogen-bond acceptors (Lipinski definition) is 4. The summed E-state index contributed by atoms with van der Waals surface area (Å²) >= 11 is 3.30. The predicted molar refractivity (Wildman–Crippen MR) is 79.1 cm³/mol. The average Bonchev–Trinajstić information content (AvgIpc) is 2.47. The van der Waals surface area contributed by atoms with Crippen molar-refractivity contribution in [3.05, 3.63) is 28.5 Å². The predicted octanol–water partition coefficient (Wildman–Crippen LogP) is 1.90. The second-order valence-electron chi connectivity index (χ2n) is 5.31. The monoisotopic (exact) mass is 336 g/mol. The number of hydrogen-bond donors (Lipinski definition) is 0. The molecule has 0 aliphatic carbocycles. The van der Waals surface area contributed by atoms with E-state index >= 15 is 0 Å². The first kappa shape index (κ1) is 14.9. The van der Waals surface area contributed by atoms with Gasteiger partial charge in [0.2, 0.25) is 0 Å². The maximum Gasteiger partial charge on any atom is 0.272 e. The summed E-state index contributed by atoms with van der Waals surface area (Å²) in [6.07, 6.45) is 1.63. The molecule has 0 atom stereocenters. The van der Waals surface area contributed by atoms with Gasteiger partial charge in [-0.25, -0.2) is 4.98 Å². The lowest BCUT2D eigenvalue weighted by Gasteiger charge is -2.40. The molecule has 1 aromatic heterocycles. The summed E-state index contributed by atoms with van der Waals surface area (Å²) in [7, 11) is 0. The molecule has 0 unspecified atom stereocenters. The van der Waals surface area contributed by atoms with Crippen molar-refractivity contribution >= 4 is 21.8 Å². The van der Waals surface area contributed by atoms with E-state index < -0.39 is 5.54 Å². The van der Waals surface area contributed by atoms with Gasteiger partial charge in [-0.05, 0) is 41.9 Å². The number of nitriles is 1. The van der Waals surface area contributed by atoms with Crippen molar-refractivity contribution in [1.29, 1.82) is 5.26 Å². The van der Waals surface area contributed by atoms with Crippen molar-refractivity contribution in [3.8, 4) is 6.07 Å². The van der Waals surface area contributed by atoms with Crippen molar-refractivity contribution in [2.75, 3.05) is 26.2 Å². The third-order valence-corrected chi connectivity index (χ3v) is 4.05. The molecule has 0 saturated carbocycles. The van der Waals surface area contributed by atoms with Crippen molar-refractivity contribution < 1.29 is 4.79 Å². The third-order valence-electron chi connectivity index (χ3n) is 3.58. The summed E-state index contributed by atoms with van der Waals surface area (Å²) in [6, 6.07) is 5.83. The second kappa shape index (κ2) is 5.90. The molecule has 2 heterocycles. The Kier molecular flexibility index (Phi) is 4.41. The van der Waals surface area contributed by atoms with Gasteiger partial charge in [-0.3, -0.25) is 9.69 Å². The maximum atomic E-state index is 12.3. The molecule has 0 aromatic carbocycles. The van der Waals surface area contributed by atoms with E-state index in [4.69, 9.17) is 5.26 Å². The summed E-state index contributed by atoms with van der Waals surface area (Å²) in [6.45, 7) is 6.48. The standard InChI is InChI=1S/C14H17BrN4O/c1-14(2,10-16)19-7-5-18(6-8-19)13(20)12-4-3-11(15)9-17-12/h3-4,9H,5-8H2,1-2H3. The minimum absolute atomic E-state index is 0.0492. The highest BCUT2D eigenvalue weighted by atomic mass is 79.9. The quantitative estimate of drug-likeness (QED) is 0.827. The molecule has 5 nitrogen and oxygen atoms in total. The van der Waals surface area contributed by atoms with Crippen LogP contribution in [0.5, 0.6) is 0 Å². The number of carbonyl (C=O) groups excluding carboxylic acids is 1. The van der Waals surface area contributed by atoms with Gasteiger partial charge in [-0.15, -0.1) is 0 Å². The number of carbonyl (C=O) groups is 1. The van der Waals surface area contributed by atoms with Gasteiger partial charge >= 0.3 is 0 Å². The van der Waals surface area contributed by atoms with Crippen LogP contribution >= 0.6 is 15.9 Å². The fraction of sp³-hybridized carbons (Fsp3) is 0.500. The van der Waals surface area contributed by atoms with Crippen LogP contribution in [0.25, 0.3) is 0 Å². The van der Waals surface area contributed by atoms with Gasteiger partial charge in [0.05, 0.1) is 6.07 Å². The Morgan fingerprint density at radius 1 is 1.35 bits per heavy atom. The number of rotatable bonds is 2. The fourth-order valence-electron chi connectivity index (χ4n) is 2.20. The molecular weight excluding hydrogens is 320 g/mol. The first-order valence-corrected chi connectivity index (χ1v) is 7.30. The summed E-state index contributed by atoms with van der Waals surface area (Å²) in [5, 5.41) is 9.14. The molecule has 0 N–H and O–H groups in total. The summed E-state index contributed by atoms with van der Waals surface area (Å²) in [5.74, 6) is -0.0492. The van der Waals surface area contributed by atoms with Gasteiger partial charge in [-0.1, -0.05) is 0 Å². The SMILES string of the molecule is CC(C)(C#N)N1CCN(C(=O)c2ccc(Br)cn2)CC1. The number of nitrogens with zero attached hydrogens (tertiary/aromatic N) is 4. The Balaban J connectivity index is 1.99. The zero-order valence-corrected chi connectivity index (χ0v) is 13.2. The van der Waals surface area contributed by atoms with Crippen LogP contribution in [0, 0.1) is 11.3 Å². The van der Waals surface area contributed by atoms with Crippen molar-refractivity contribution in [2.24, 2.45) is 0 Å². The van der Waals surface area contributed by atoms with E-state index in [0.717, 1.165) is 4.47 Å². The zero-order valence-electron chi connectivity index (χ0n) is 11.6. The molecular formula is C14H17BrN4O. The fourth-order valence-corrected chi connectivity index (χ4v) is 2.44. The lowest BCUT2D eigenvalue weighted by Crippen LogP contribution is -2.55. The van der Waals surface area contributed by atoms with Gasteiger partial charge < -0.3 is 4.90 Å². The van der Waals surface area contributed by atoms with Crippen LogP contribution in [0.3, 0.4) is 0 Å². The van der Waals surface area contributed by atoms with Crippen LogP contribution in [0.1, 0.15) is 24.3 Å². The summed E-state index contributed by atoms with van der Waals surface area (Å²) in [4.78, 5) is 20.3.